The minimum atomic E-state index is 0.273. The van der Waals surface area contributed by atoms with E-state index in [1.54, 1.807) is 6.20 Å². The summed E-state index contributed by atoms with van der Waals surface area (Å²) in [5, 5.41) is 0. The Bertz CT molecular complexity index is 448. The molecule has 0 aromatic carbocycles. The van der Waals surface area contributed by atoms with Crippen molar-refractivity contribution in [3.63, 3.8) is 0 Å². The van der Waals surface area contributed by atoms with E-state index >= 15 is 0 Å². The van der Waals surface area contributed by atoms with E-state index in [1.807, 2.05) is 19.9 Å². The van der Waals surface area contributed by atoms with Gasteiger partial charge >= 0.3 is 0 Å². The Morgan fingerprint density at radius 2 is 2.29 bits per heavy atom. The first-order valence-electron chi connectivity index (χ1n) is 4.66. The highest BCUT2D eigenvalue weighted by Crippen LogP contribution is 2.21. The standard InChI is InChI=1S/C10H13N3O/c1-6(2)10-13-9-8(14-10)7(5-11)3-4-12-9/h3-4,6H,5,11H2,1-2H3. The Kier molecular flexibility index (Phi) is 2.21. The van der Waals surface area contributed by atoms with Crippen LogP contribution in [0.15, 0.2) is 16.7 Å². The average molecular weight is 191 g/mol. The maximum atomic E-state index is 5.60. The molecule has 0 aliphatic rings. The van der Waals surface area contributed by atoms with Crippen molar-refractivity contribution >= 4 is 11.2 Å². The smallest absolute Gasteiger partial charge is 0.199 e. The van der Waals surface area contributed by atoms with E-state index in [-0.39, 0.29) is 5.92 Å². The number of nitrogens with two attached hydrogens (primary N) is 1. The van der Waals surface area contributed by atoms with Crippen LogP contribution in [0, 0.1) is 0 Å². The molecule has 4 heteroatoms. The Labute approximate surface area is 82.1 Å². The molecule has 2 heterocycles. The van der Waals surface area contributed by atoms with Crippen LogP contribution in [0.25, 0.3) is 11.2 Å². The Hall–Kier alpha value is -1.42. The Morgan fingerprint density at radius 3 is 2.93 bits per heavy atom. The van der Waals surface area contributed by atoms with Gasteiger partial charge in [0.25, 0.3) is 0 Å². The molecule has 4 nitrogen and oxygen atoms in total. The number of pyridine rings is 1. The molecule has 2 rings (SSSR count). The first kappa shape index (κ1) is 9.15. The first-order valence-corrected chi connectivity index (χ1v) is 4.66. The highest BCUT2D eigenvalue weighted by molar-refractivity contribution is 5.71. The van der Waals surface area contributed by atoms with E-state index in [2.05, 4.69) is 9.97 Å². The van der Waals surface area contributed by atoms with Crippen molar-refractivity contribution in [2.45, 2.75) is 26.3 Å². The second-order valence-corrected chi connectivity index (χ2v) is 3.53. The number of rotatable bonds is 2. The molecule has 2 N–H and O–H groups in total. The molecule has 2 aromatic heterocycles. The van der Waals surface area contributed by atoms with Crippen LogP contribution in [0.2, 0.25) is 0 Å². The minimum absolute atomic E-state index is 0.273. The van der Waals surface area contributed by atoms with Gasteiger partial charge in [0.2, 0.25) is 0 Å². The zero-order chi connectivity index (χ0) is 10.1. The van der Waals surface area contributed by atoms with Crippen LogP contribution < -0.4 is 5.73 Å². The van der Waals surface area contributed by atoms with Crippen molar-refractivity contribution in [3.05, 3.63) is 23.7 Å². The summed E-state index contributed by atoms with van der Waals surface area (Å²) < 4.78 is 5.60. The molecule has 0 bridgehead atoms. The fourth-order valence-corrected chi connectivity index (χ4v) is 1.31. The van der Waals surface area contributed by atoms with E-state index in [4.69, 9.17) is 10.2 Å². The monoisotopic (exact) mass is 191 g/mol. The number of nitrogens with zero attached hydrogens (tertiary/aromatic N) is 2. The molecule has 0 aliphatic heterocycles. The molecular formula is C10H13N3O. The quantitative estimate of drug-likeness (QED) is 0.786. The molecule has 0 aliphatic carbocycles. The lowest BCUT2D eigenvalue weighted by Crippen LogP contribution is -1.96. The Balaban J connectivity index is 2.64. The number of hydrogen-bond donors (Lipinski definition) is 1. The molecule has 0 saturated heterocycles. The number of hydrogen-bond acceptors (Lipinski definition) is 4. The largest absolute Gasteiger partial charge is 0.438 e. The second-order valence-electron chi connectivity index (χ2n) is 3.53. The summed E-state index contributed by atoms with van der Waals surface area (Å²) >= 11 is 0. The predicted molar refractivity (Wildman–Crippen MR) is 53.8 cm³/mol. The van der Waals surface area contributed by atoms with Gasteiger partial charge in [0.05, 0.1) is 0 Å². The van der Waals surface area contributed by atoms with E-state index in [9.17, 15) is 0 Å². The van der Waals surface area contributed by atoms with Gasteiger partial charge in [0.1, 0.15) is 0 Å². The van der Waals surface area contributed by atoms with Crippen LogP contribution in [0.4, 0.5) is 0 Å². The van der Waals surface area contributed by atoms with Crippen LogP contribution in [-0.2, 0) is 6.54 Å². The zero-order valence-corrected chi connectivity index (χ0v) is 8.32. The summed E-state index contributed by atoms with van der Waals surface area (Å²) in [6, 6.07) is 1.86. The van der Waals surface area contributed by atoms with Crippen molar-refractivity contribution in [3.8, 4) is 0 Å². The average Bonchev–Trinajstić information content (AvgIpc) is 2.60. The number of aromatic nitrogens is 2. The van der Waals surface area contributed by atoms with Gasteiger partial charge in [0.15, 0.2) is 17.1 Å². The molecule has 0 radical (unpaired) electrons. The summed E-state index contributed by atoms with van der Waals surface area (Å²) in [6.45, 7) is 4.52. The summed E-state index contributed by atoms with van der Waals surface area (Å²) in [5.74, 6) is 0.989. The van der Waals surface area contributed by atoms with Gasteiger partial charge in [-0.15, -0.1) is 0 Å². The van der Waals surface area contributed by atoms with E-state index < -0.39 is 0 Å². The van der Waals surface area contributed by atoms with E-state index in [0.29, 0.717) is 18.1 Å². The number of fused-ring (bicyclic) bond motifs is 1. The molecule has 0 spiro atoms. The first-order chi connectivity index (χ1) is 6.72. The maximum Gasteiger partial charge on any atom is 0.199 e. The lowest BCUT2D eigenvalue weighted by Gasteiger charge is -1.95. The van der Waals surface area contributed by atoms with Crippen LogP contribution in [-0.4, -0.2) is 9.97 Å². The van der Waals surface area contributed by atoms with Gasteiger partial charge in [-0.25, -0.2) is 4.98 Å². The van der Waals surface area contributed by atoms with Gasteiger partial charge in [-0.3, -0.25) is 0 Å². The molecule has 74 valence electrons. The lowest BCUT2D eigenvalue weighted by atomic mass is 10.2. The fourth-order valence-electron chi connectivity index (χ4n) is 1.31. The molecule has 0 fully saturated rings. The highest BCUT2D eigenvalue weighted by Gasteiger charge is 2.12. The van der Waals surface area contributed by atoms with Crippen LogP contribution >= 0.6 is 0 Å². The zero-order valence-electron chi connectivity index (χ0n) is 8.32. The summed E-state index contributed by atoms with van der Waals surface area (Å²) in [5.41, 5.74) is 7.91. The molecule has 0 atom stereocenters. The van der Waals surface area contributed by atoms with Crippen molar-refractivity contribution in [2.75, 3.05) is 0 Å². The van der Waals surface area contributed by atoms with Crippen molar-refractivity contribution in [2.24, 2.45) is 5.73 Å². The summed E-state index contributed by atoms with van der Waals surface area (Å²) in [7, 11) is 0. The van der Waals surface area contributed by atoms with Crippen molar-refractivity contribution < 1.29 is 4.42 Å². The molecule has 14 heavy (non-hydrogen) atoms. The third-order valence-electron chi connectivity index (χ3n) is 2.10. The molecule has 0 unspecified atom stereocenters. The van der Waals surface area contributed by atoms with Gasteiger partial charge < -0.3 is 10.2 Å². The normalized spacial score (nSPS) is 11.4. The maximum absolute atomic E-state index is 5.60. The topological polar surface area (TPSA) is 64.9 Å². The van der Waals surface area contributed by atoms with E-state index in [0.717, 1.165) is 11.1 Å². The number of oxazole rings is 1. The van der Waals surface area contributed by atoms with Crippen molar-refractivity contribution in [1.29, 1.82) is 0 Å². The van der Waals surface area contributed by atoms with Gasteiger partial charge in [-0.05, 0) is 6.07 Å². The predicted octanol–water partition coefficient (Wildman–Crippen LogP) is 1.80. The SMILES string of the molecule is CC(C)c1nc2nccc(CN)c2o1. The third-order valence-corrected chi connectivity index (χ3v) is 2.10. The summed E-state index contributed by atoms with van der Waals surface area (Å²) in [4.78, 5) is 8.42. The summed E-state index contributed by atoms with van der Waals surface area (Å²) in [6.07, 6.45) is 1.71. The second kappa shape index (κ2) is 3.38. The van der Waals surface area contributed by atoms with E-state index in [1.165, 1.54) is 0 Å². The lowest BCUT2D eigenvalue weighted by molar-refractivity contribution is 0.499. The van der Waals surface area contributed by atoms with Gasteiger partial charge in [0, 0.05) is 24.2 Å². The minimum Gasteiger partial charge on any atom is -0.438 e. The Morgan fingerprint density at radius 1 is 1.50 bits per heavy atom. The molecule has 0 amide bonds. The van der Waals surface area contributed by atoms with Crippen LogP contribution in [0.3, 0.4) is 0 Å². The van der Waals surface area contributed by atoms with Crippen molar-refractivity contribution in [1.82, 2.24) is 9.97 Å². The van der Waals surface area contributed by atoms with Crippen LogP contribution in [0.1, 0.15) is 31.2 Å². The highest BCUT2D eigenvalue weighted by atomic mass is 16.3. The van der Waals surface area contributed by atoms with Gasteiger partial charge in [-0.1, -0.05) is 13.8 Å². The molecular weight excluding hydrogens is 178 g/mol. The third kappa shape index (κ3) is 1.37. The molecule has 0 saturated carbocycles. The van der Waals surface area contributed by atoms with Crippen LogP contribution in [0.5, 0.6) is 0 Å². The fraction of sp³-hybridized carbons (Fsp3) is 0.400. The van der Waals surface area contributed by atoms with Gasteiger partial charge in [-0.2, -0.15) is 4.98 Å². The molecule has 2 aromatic rings.